The Bertz CT molecular complexity index is 1520. The monoisotopic (exact) mass is 479 g/mol. The van der Waals surface area contributed by atoms with Gasteiger partial charge in [-0.05, 0) is 42.0 Å². The summed E-state index contributed by atoms with van der Waals surface area (Å²) < 4.78 is 7.26. The van der Waals surface area contributed by atoms with Crippen LogP contribution in [0.4, 0.5) is 0 Å². The molecule has 5 rings (SSSR count). The number of ether oxygens (including phenoxy) is 1. The van der Waals surface area contributed by atoms with Gasteiger partial charge in [0.25, 0.3) is 11.8 Å². The molecule has 0 saturated carbocycles. The van der Waals surface area contributed by atoms with Crippen LogP contribution in [0.5, 0.6) is 5.75 Å². The average molecular weight is 479 g/mol. The zero-order valence-corrected chi connectivity index (χ0v) is 19.3. The van der Waals surface area contributed by atoms with Crippen molar-refractivity contribution in [2.24, 2.45) is 0 Å². The van der Waals surface area contributed by atoms with E-state index in [0.29, 0.717) is 22.6 Å². The first kappa shape index (κ1) is 22.8. The third-order valence-electron chi connectivity index (χ3n) is 5.89. The Kier molecular flexibility index (Phi) is 5.92. The van der Waals surface area contributed by atoms with Crippen LogP contribution in [0.25, 0.3) is 28.6 Å². The van der Waals surface area contributed by atoms with Gasteiger partial charge in [0.2, 0.25) is 0 Å². The van der Waals surface area contributed by atoms with E-state index in [-0.39, 0.29) is 11.1 Å². The van der Waals surface area contributed by atoms with Gasteiger partial charge in [-0.25, -0.2) is 4.68 Å². The largest absolute Gasteiger partial charge is 0.496 e. The maximum Gasteiger partial charge on any atom is 0.323 e. The fourth-order valence-corrected chi connectivity index (χ4v) is 4.23. The second-order valence-corrected chi connectivity index (χ2v) is 8.11. The molecule has 1 aliphatic rings. The summed E-state index contributed by atoms with van der Waals surface area (Å²) in [5.74, 6) is -1.99. The number of benzene rings is 3. The van der Waals surface area contributed by atoms with Crippen molar-refractivity contribution in [3.05, 3.63) is 102 Å². The van der Waals surface area contributed by atoms with Gasteiger partial charge in [0, 0.05) is 28.5 Å². The second-order valence-electron chi connectivity index (χ2n) is 8.11. The van der Waals surface area contributed by atoms with Crippen LogP contribution in [0.1, 0.15) is 21.5 Å². The van der Waals surface area contributed by atoms with Crippen molar-refractivity contribution in [2.45, 2.75) is 0 Å². The number of para-hydroxylation sites is 2. The number of carbonyl (C=O) groups is 3. The minimum atomic E-state index is -1.28. The molecule has 0 unspecified atom stereocenters. The Morgan fingerprint density at radius 1 is 0.889 bits per heavy atom. The van der Waals surface area contributed by atoms with E-state index in [2.05, 4.69) is 0 Å². The molecule has 1 aromatic heterocycles. The van der Waals surface area contributed by atoms with E-state index in [0.717, 1.165) is 16.2 Å². The lowest BCUT2D eigenvalue weighted by Crippen LogP contribution is -2.44. The summed E-state index contributed by atoms with van der Waals surface area (Å²) >= 11 is 0. The number of aliphatic carboxylic acids is 1. The lowest BCUT2D eigenvalue weighted by atomic mass is 9.91. The van der Waals surface area contributed by atoms with Crippen molar-refractivity contribution < 1.29 is 24.2 Å². The van der Waals surface area contributed by atoms with E-state index < -0.39 is 24.3 Å². The van der Waals surface area contributed by atoms with Gasteiger partial charge in [0.05, 0.1) is 12.8 Å². The lowest BCUT2D eigenvalue weighted by molar-refractivity contribution is -0.141. The van der Waals surface area contributed by atoms with Crippen LogP contribution in [0.2, 0.25) is 0 Å². The maximum atomic E-state index is 13.4. The number of nitrogens with zero attached hydrogens (tertiary/aromatic N) is 3. The number of carbonyl (C=O) groups excluding carboxylic acids is 2. The molecule has 0 bridgehead atoms. The summed E-state index contributed by atoms with van der Waals surface area (Å²) in [5, 5.41) is 14.1. The molecule has 0 radical (unpaired) electrons. The van der Waals surface area contributed by atoms with E-state index in [1.54, 1.807) is 48.3 Å². The van der Waals surface area contributed by atoms with E-state index in [1.807, 2.05) is 54.6 Å². The van der Waals surface area contributed by atoms with Gasteiger partial charge >= 0.3 is 5.97 Å². The smallest absolute Gasteiger partial charge is 0.323 e. The van der Waals surface area contributed by atoms with Crippen molar-refractivity contribution in [2.75, 3.05) is 13.7 Å². The fourth-order valence-electron chi connectivity index (χ4n) is 4.23. The van der Waals surface area contributed by atoms with Gasteiger partial charge in [-0.1, -0.05) is 48.5 Å². The Balaban J connectivity index is 1.74. The van der Waals surface area contributed by atoms with Crippen LogP contribution < -0.4 is 4.74 Å². The number of carboxylic acid groups (broad SMARTS) is 1. The van der Waals surface area contributed by atoms with E-state index in [9.17, 15) is 19.5 Å². The number of imide groups is 1. The van der Waals surface area contributed by atoms with Gasteiger partial charge in [-0.2, -0.15) is 5.10 Å². The first-order valence-corrected chi connectivity index (χ1v) is 11.2. The Morgan fingerprint density at radius 2 is 1.53 bits per heavy atom. The normalized spacial score (nSPS) is 14.1. The molecule has 3 aromatic carbocycles. The highest BCUT2D eigenvalue weighted by atomic mass is 16.5. The third-order valence-corrected chi connectivity index (χ3v) is 5.89. The van der Waals surface area contributed by atoms with Crippen LogP contribution in [0.3, 0.4) is 0 Å². The number of amides is 2. The summed E-state index contributed by atoms with van der Waals surface area (Å²) in [4.78, 5) is 38.5. The molecular formula is C28H21N3O5. The molecule has 2 heterocycles. The minimum absolute atomic E-state index is 0.204. The topological polar surface area (TPSA) is 102 Å². The predicted molar refractivity (Wildman–Crippen MR) is 134 cm³/mol. The van der Waals surface area contributed by atoms with Gasteiger partial charge in [-0.15, -0.1) is 0 Å². The number of methoxy groups -OCH3 is 1. The molecule has 0 saturated heterocycles. The summed E-state index contributed by atoms with van der Waals surface area (Å²) in [5.41, 5.74) is 3.61. The highest BCUT2D eigenvalue weighted by molar-refractivity contribution is 6.34. The summed E-state index contributed by atoms with van der Waals surface area (Å²) in [7, 11) is 1.57. The number of aromatic nitrogens is 2. The highest BCUT2D eigenvalue weighted by Gasteiger charge is 2.36. The summed E-state index contributed by atoms with van der Waals surface area (Å²) in [6.45, 7) is -0.730. The number of carboxylic acids is 1. The molecule has 2 amide bonds. The van der Waals surface area contributed by atoms with Crippen LogP contribution >= 0.6 is 0 Å². The minimum Gasteiger partial charge on any atom is -0.496 e. The van der Waals surface area contributed by atoms with Gasteiger partial charge in [0.1, 0.15) is 18.0 Å². The van der Waals surface area contributed by atoms with Crippen molar-refractivity contribution in [1.29, 1.82) is 0 Å². The second kappa shape index (κ2) is 9.34. The lowest BCUT2D eigenvalue weighted by Gasteiger charge is -2.27. The first-order valence-electron chi connectivity index (χ1n) is 11.2. The molecule has 1 N–H and O–H groups in total. The van der Waals surface area contributed by atoms with Crippen LogP contribution in [-0.2, 0) is 9.59 Å². The van der Waals surface area contributed by atoms with Crippen molar-refractivity contribution in [3.8, 4) is 22.7 Å². The molecular weight excluding hydrogens is 458 g/mol. The van der Waals surface area contributed by atoms with Crippen molar-refractivity contribution in [3.63, 3.8) is 0 Å². The average Bonchev–Trinajstić information content (AvgIpc) is 3.33. The molecule has 0 spiro atoms. The Labute approximate surface area is 206 Å². The Hall–Kier alpha value is -4.98. The zero-order valence-electron chi connectivity index (χ0n) is 19.3. The molecule has 8 heteroatoms. The van der Waals surface area contributed by atoms with Crippen LogP contribution in [-0.4, -0.2) is 51.2 Å². The van der Waals surface area contributed by atoms with Gasteiger partial charge in [-0.3, -0.25) is 19.3 Å². The number of hydrogen-bond donors (Lipinski definition) is 1. The molecule has 178 valence electrons. The summed E-state index contributed by atoms with van der Waals surface area (Å²) in [6, 6.07) is 23.6. The van der Waals surface area contributed by atoms with Crippen molar-refractivity contribution >= 4 is 29.4 Å². The van der Waals surface area contributed by atoms with Crippen LogP contribution in [0.15, 0.2) is 85.1 Å². The number of hydrogen-bond acceptors (Lipinski definition) is 5. The molecule has 36 heavy (non-hydrogen) atoms. The molecule has 4 aromatic rings. The van der Waals surface area contributed by atoms with E-state index >= 15 is 0 Å². The molecule has 0 fully saturated rings. The molecule has 1 aliphatic heterocycles. The Morgan fingerprint density at radius 3 is 2.22 bits per heavy atom. The van der Waals surface area contributed by atoms with Crippen molar-refractivity contribution in [1.82, 2.24) is 14.7 Å². The van der Waals surface area contributed by atoms with Crippen LogP contribution in [0, 0.1) is 0 Å². The predicted octanol–water partition coefficient (Wildman–Crippen LogP) is 4.16. The number of rotatable bonds is 6. The maximum absolute atomic E-state index is 13.4. The molecule has 8 nitrogen and oxygen atoms in total. The standard InChI is InChI=1S/C28H21N3O5/c1-36-24-14-8-7-13-22(24)26-18(16-31(29-26)19-9-3-2-4-10-19)15-23-20-11-5-6-12-21(20)27(34)30(28(23)35)17-25(32)33/h2-16H,17H2,1H3,(H,32,33)/b23-15-. The van der Waals surface area contributed by atoms with E-state index in [1.165, 1.54) is 0 Å². The quantitative estimate of drug-likeness (QED) is 0.329. The van der Waals surface area contributed by atoms with Gasteiger partial charge in [0.15, 0.2) is 0 Å². The van der Waals surface area contributed by atoms with E-state index in [4.69, 9.17) is 9.84 Å². The third kappa shape index (κ3) is 4.05. The highest BCUT2D eigenvalue weighted by Crippen LogP contribution is 2.36. The van der Waals surface area contributed by atoms with Gasteiger partial charge < -0.3 is 9.84 Å². The SMILES string of the molecule is COc1ccccc1-c1nn(-c2ccccc2)cc1/C=C1\C(=O)N(CC(=O)O)C(=O)c2ccccc21. The number of fused-ring (bicyclic) bond motifs is 1. The molecule has 0 atom stereocenters. The fraction of sp³-hybridized carbons (Fsp3) is 0.0714. The zero-order chi connectivity index (χ0) is 25.2. The summed E-state index contributed by atoms with van der Waals surface area (Å²) in [6.07, 6.45) is 3.44. The first-order chi connectivity index (χ1) is 17.5. The molecule has 0 aliphatic carbocycles.